The van der Waals surface area contributed by atoms with Gasteiger partial charge in [0, 0.05) is 12.6 Å². The average molecular weight is 211 g/mol. The minimum absolute atomic E-state index is 0. The van der Waals surface area contributed by atoms with Crippen molar-refractivity contribution >= 4 is 18.5 Å². The van der Waals surface area contributed by atoms with E-state index in [-0.39, 0.29) is 18.4 Å². The first-order valence-corrected chi connectivity index (χ1v) is 4.03. The van der Waals surface area contributed by atoms with E-state index in [1.54, 1.807) is 0 Å². The van der Waals surface area contributed by atoms with Crippen LogP contribution in [-0.2, 0) is 4.74 Å². The maximum absolute atomic E-state index is 11.0. The fourth-order valence-electron chi connectivity index (χ4n) is 0.558. The molecule has 0 fully saturated rings. The van der Waals surface area contributed by atoms with Gasteiger partial charge in [-0.15, -0.1) is 12.4 Å². The Morgan fingerprint density at radius 3 is 2.31 bits per heavy atom. The molecule has 1 atom stereocenters. The molecule has 0 aromatic heterocycles. The zero-order valence-corrected chi connectivity index (χ0v) is 9.40. The summed E-state index contributed by atoms with van der Waals surface area (Å²) in [6.45, 7) is 7.71. The van der Waals surface area contributed by atoms with Crippen LogP contribution >= 0.6 is 12.4 Å². The highest BCUT2D eigenvalue weighted by atomic mass is 35.5. The van der Waals surface area contributed by atoms with Crippen LogP contribution in [0.5, 0.6) is 0 Å². The molecular weight excluding hydrogens is 192 g/mol. The second-order valence-corrected chi connectivity index (χ2v) is 3.86. The molecule has 1 amide bonds. The molecular formula is C8H19ClN2O2. The van der Waals surface area contributed by atoms with Gasteiger partial charge in [0.1, 0.15) is 5.60 Å². The molecule has 5 heteroatoms. The Labute approximate surface area is 85.6 Å². The van der Waals surface area contributed by atoms with Crippen molar-refractivity contribution in [1.82, 2.24) is 5.32 Å². The molecule has 0 saturated carbocycles. The first kappa shape index (κ1) is 15.0. The number of alkyl carbamates (subject to hydrolysis) is 1. The Balaban J connectivity index is 0. The van der Waals surface area contributed by atoms with Crippen LogP contribution in [0.4, 0.5) is 4.79 Å². The lowest BCUT2D eigenvalue weighted by Crippen LogP contribution is -2.38. The number of hydrogen-bond donors (Lipinski definition) is 2. The summed E-state index contributed by atoms with van der Waals surface area (Å²) >= 11 is 0. The molecule has 0 spiro atoms. The number of nitrogens with one attached hydrogen (secondary N) is 1. The average Bonchev–Trinajstić information content (AvgIpc) is 1.79. The normalized spacial score (nSPS) is 12.7. The molecule has 0 heterocycles. The van der Waals surface area contributed by atoms with E-state index in [4.69, 9.17) is 10.5 Å². The van der Waals surface area contributed by atoms with Crippen LogP contribution in [0.1, 0.15) is 27.7 Å². The maximum Gasteiger partial charge on any atom is 0.407 e. The Morgan fingerprint density at radius 2 is 2.00 bits per heavy atom. The van der Waals surface area contributed by atoms with Crippen LogP contribution in [0.2, 0.25) is 0 Å². The van der Waals surface area contributed by atoms with Gasteiger partial charge in [-0.1, -0.05) is 0 Å². The summed E-state index contributed by atoms with van der Waals surface area (Å²) in [6, 6.07) is -0.0440. The van der Waals surface area contributed by atoms with E-state index in [0.717, 1.165) is 0 Å². The number of halogens is 1. The molecule has 0 unspecified atom stereocenters. The second kappa shape index (κ2) is 6.05. The van der Waals surface area contributed by atoms with Gasteiger partial charge in [-0.05, 0) is 27.7 Å². The third-order valence-corrected chi connectivity index (χ3v) is 0.967. The van der Waals surface area contributed by atoms with Crippen molar-refractivity contribution in [3.8, 4) is 0 Å². The number of nitrogens with two attached hydrogens (primary N) is 1. The highest BCUT2D eigenvalue weighted by Gasteiger charge is 2.15. The molecule has 13 heavy (non-hydrogen) atoms. The van der Waals surface area contributed by atoms with E-state index in [1.165, 1.54) is 0 Å². The molecule has 0 radical (unpaired) electrons. The van der Waals surface area contributed by atoms with E-state index in [0.29, 0.717) is 6.54 Å². The van der Waals surface area contributed by atoms with Crippen molar-refractivity contribution in [3.63, 3.8) is 0 Å². The van der Waals surface area contributed by atoms with Gasteiger partial charge >= 0.3 is 6.09 Å². The lowest BCUT2D eigenvalue weighted by molar-refractivity contribution is 0.0525. The Morgan fingerprint density at radius 1 is 1.54 bits per heavy atom. The Kier molecular flexibility index (Phi) is 6.98. The fraction of sp³-hybridized carbons (Fsp3) is 0.875. The van der Waals surface area contributed by atoms with E-state index in [9.17, 15) is 4.79 Å². The lowest BCUT2D eigenvalue weighted by atomic mass is 10.2. The minimum atomic E-state index is -0.443. The van der Waals surface area contributed by atoms with E-state index < -0.39 is 11.7 Å². The molecule has 0 aliphatic heterocycles. The van der Waals surface area contributed by atoms with Crippen LogP contribution in [0.25, 0.3) is 0 Å². The van der Waals surface area contributed by atoms with Gasteiger partial charge in [-0.25, -0.2) is 4.79 Å². The van der Waals surface area contributed by atoms with Gasteiger partial charge in [0.25, 0.3) is 0 Å². The van der Waals surface area contributed by atoms with Gasteiger partial charge in [0.15, 0.2) is 0 Å². The number of hydrogen-bond acceptors (Lipinski definition) is 3. The molecule has 80 valence electrons. The summed E-state index contributed by atoms with van der Waals surface area (Å²) in [7, 11) is 0. The molecule has 0 aromatic carbocycles. The van der Waals surface area contributed by atoms with Crippen molar-refractivity contribution in [1.29, 1.82) is 0 Å². The first-order valence-electron chi connectivity index (χ1n) is 4.03. The second-order valence-electron chi connectivity index (χ2n) is 3.86. The summed E-state index contributed by atoms with van der Waals surface area (Å²) in [5, 5.41) is 2.55. The molecule has 4 nitrogen and oxygen atoms in total. The number of ether oxygens (including phenoxy) is 1. The maximum atomic E-state index is 11.0. The van der Waals surface area contributed by atoms with Crippen LogP contribution in [-0.4, -0.2) is 24.3 Å². The lowest BCUT2D eigenvalue weighted by Gasteiger charge is -2.20. The van der Waals surface area contributed by atoms with Crippen molar-refractivity contribution < 1.29 is 9.53 Å². The molecule has 0 aliphatic rings. The summed E-state index contributed by atoms with van der Waals surface area (Å²) in [4.78, 5) is 11.0. The summed E-state index contributed by atoms with van der Waals surface area (Å²) in [5.74, 6) is 0. The quantitative estimate of drug-likeness (QED) is 0.722. The van der Waals surface area contributed by atoms with Gasteiger partial charge in [-0.2, -0.15) is 0 Å². The van der Waals surface area contributed by atoms with Crippen LogP contribution < -0.4 is 11.1 Å². The molecule has 0 saturated heterocycles. The van der Waals surface area contributed by atoms with Crippen molar-refractivity contribution in [3.05, 3.63) is 0 Å². The summed E-state index contributed by atoms with van der Waals surface area (Å²) in [6.07, 6.45) is -0.417. The van der Waals surface area contributed by atoms with E-state index in [1.807, 2.05) is 27.7 Å². The zero-order valence-electron chi connectivity index (χ0n) is 8.59. The third-order valence-electron chi connectivity index (χ3n) is 0.967. The van der Waals surface area contributed by atoms with Gasteiger partial charge in [-0.3, -0.25) is 0 Å². The smallest absolute Gasteiger partial charge is 0.407 e. The Bertz CT molecular complexity index is 155. The van der Waals surface area contributed by atoms with E-state index in [2.05, 4.69) is 5.32 Å². The number of carbonyl (C=O) groups excluding carboxylic acids is 1. The summed E-state index contributed by atoms with van der Waals surface area (Å²) < 4.78 is 4.98. The van der Waals surface area contributed by atoms with Crippen LogP contribution in [0, 0.1) is 0 Å². The molecule has 0 bridgehead atoms. The Hall–Kier alpha value is -0.480. The predicted octanol–water partition coefficient (Wildman–Crippen LogP) is 1.28. The number of amides is 1. The van der Waals surface area contributed by atoms with Gasteiger partial charge in [0.2, 0.25) is 0 Å². The van der Waals surface area contributed by atoms with Crippen molar-refractivity contribution in [2.45, 2.75) is 39.3 Å². The molecule has 0 rings (SSSR count). The predicted molar refractivity (Wildman–Crippen MR) is 55.1 cm³/mol. The minimum Gasteiger partial charge on any atom is -0.444 e. The highest BCUT2D eigenvalue weighted by molar-refractivity contribution is 5.85. The first-order chi connectivity index (χ1) is 5.31. The topological polar surface area (TPSA) is 64.3 Å². The highest BCUT2D eigenvalue weighted by Crippen LogP contribution is 2.05. The molecule has 3 N–H and O–H groups in total. The molecule has 0 aliphatic carbocycles. The van der Waals surface area contributed by atoms with Crippen molar-refractivity contribution in [2.24, 2.45) is 5.73 Å². The van der Waals surface area contributed by atoms with E-state index >= 15 is 0 Å². The SMILES string of the molecule is C[C@H](N)CNC(=O)OC(C)(C)C.Cl. The van der Waals surface area contributed by atoms with Crippen molar-refractivity contribution in [2.75, 3.05) is 6.54 Å². The number of rotatable bonds is 2. The zero-order chi connectivity index (χ0) is 9.78. The standard InChI is InChI=1S/C8H18N2O2.ClH/c1-6(9)5-10-7(11)12-8(2,3)4;/h6H,5,9H2,1-4H3,(H,10,11);1H/t6-;/m0./s1. The van der Waals surface area contributed by atoms with Gasteiger partial charge < -0.3 is 15.8 Å². The third kappa shape index (κ3) is 11.5. The number of carbonyl (C=O) groups is 1. The monoisotopic (exact) mass is 210 g/mol. The van der Waals surface area contributed by atoms with Crippen LogP contribution in [0.3, 0.4) is 0 Å². The molecule has 0 aromatic rings. The van der Waals surface area contributed by atoms with Crippen LogP contribution in [0.15, 0.2) is 0 Å². The largest absolute Gasteiger partial charge is 0.444 e. The summed E-state index contributed by atoms with van der Waals surface area (Å²) in [5.41, 5.74) is 4.99. The fourth-order valence-corrected chi connectivity index (χ4v) is 0.558. The van der Waals surface area contributed by atoms with Gasteiger partial charge in [0.05, 0.1) is 0 Å².